The second-order valence-electron chi connectivity index (χ2n) is 5.91. The van der Waals surface area contributed by atoms with Crippen molar-refractivity contribution in [2.75, 3.05) is 12.3 Å². The molecule has 3 aromatic rings. The first kappa shape index (κ1) is 18.1. The van der Waals surface area contributed by atoms with Gasteiger partial charge in [0.25, 0.3) is 0 Å². The van der Waals surface area contributed by atoms with Gasteiger partial charge in [0.2, 0.25) is 11.1 Å². The highest BCUT2D eigenvalue weighted by molar-refractivity contribution is 7.99. The summed E-state index contributed by atoms with van der Waals surface area (Å²) in [6.07, 6.45) is 0.870. The molecule has 0 unspecified atom stereocenters. The highest BCUT2D eigenvalue weighted by Crippen LogP contribution is 2.28. The van der Waals surface area contributed by atoms with E-state index in [0.717, 1.165) is 22.9 Å². The summed E-state index contributed by atoms with van der Waals surface area (Å²) in [5.74, 6) is -0.871. The molecule has 136 valence electrons. The fourth-order valence-corrected chi connectivity index (χ4v) is 3.27. The number of thioether (sulfide) groups is 1. The third-order valence-corrected chi connectivity index (χ3v) is 4.64. The molecule has 1 amide bonds. The van der Waals surface area contributed by atoms with Crippen molar-refractivity contribution in [2.45, 2.75) is 32.0 Å². The summed E-state index contributed by atoms with van der Waals surface area (Å²) in [4.78, 5) is 27.5. The van der Waals surface area contributed by atoms with Gasteiger partial charge in [0.1, 0.15) is 12.1 Å². The molecule has 0 saturated heterocycles. The van der Waals surface area contributed by atoms with Crippen LogP contribution in [0.15, 0.2) is 23.4 Å². The van der Waals surface area contributed by atoms with Crippen molar-refractivity contribution in [2.24, 2.45) is 0 Å². The van der Waals surface area contributed by atoms with E-state index in [1.807, 2.05) is 32.0 Å². The predicted molar refractivity (Wildman–Crippen MR) is 99.2 cm³/mol. The van der Waals surface area contributed by atoms with Crippen LogP contribution in [0.3, 0.4) is 0 Å². The molecule has 0 fully saturated rings. The summed E-state index contributed by atoms with van der Waals surface area (Å²) in [7, 11) is 0. The summed E-state index contributed by atoms with van der Waals surface area (Å²) in [6.45, 7) is 4.35. The number of nitrogens with one attached hydrogen (secondary N) is 1. The lowest BCUT2D eigenvalue weighted by molar-refractivity contribution is -0.137. The summed E-state index contributed by atoms with van der Waals surface area (Å²) < 4.78 is 1.61. The number of fused-ring (bicyclic) bond motifs is 3. The molecule has 2 aromatic heterocycles. The van der Waals surface area contributed by atoms with Gasteiger partial charge in [0, 0.05) is 11.9 Å². The maximum absolute atomic E-state index is 11.7. The minimum atomic E-state index is -0.962. The third-order valence-electron chi connectivity index (χ3n) is 3.80. The number of benzene rings is 1. The van der Waals surface area contributed by atoms with Crippen molar-refractivity contribution in [1.29, 1.82) is 0 Å². The topological polar surface area (TPSA) is 110 Å². The van der Waals surface area contributed by atoms with Crippen molar-refractivity contribution in [3.8, 4) is 0 Å². The molecule has 1 aromatic carbocycles. The Labute approximate surface area is 154 Å². The average Bonchev–Trinajstić information content (AvgIpc) is 2.90. The molecule has 9 heteroatoms. The lowest BCUT2D eigenvalue weighted by atomic mass is 10.2. The zero-order valence-electron chi connectivity index (χ0n) is 14.5. The van der Waals surface area contributed by atoms with E-state index in [1.54, 1.807) is 4.57 Å². The van der Waals surface area contributed by atoms with Crippen LogP contribution < -0.4 is 5.32 Å². The van der Waals surface area contributed by atoms with E-state index < -0.39 is 5.97 Å². The molecule has 0 radical (unpaired) electrons. The first-order valence-electron chi connectivity index (χ1n) is 8.24. The van der Waals surface area contributed by atoms with Crippen molar-refractivity contribution < 1.29 is 14.7 Å². The Kier molecular flexibility index (Phi) is 5.36. The molecule has 0 aliphatic carbocycles. The van der Waals surface area contributed by atoms with Crippen LogP contribution >= 0.6 is 11.8 Å². The van der Waals surface area contributed by atoms with Crippen LogP contribution in [0.4, 0.5) is 0 Å². The smallest absolute Gasteiger partial charge is 0.323 e. The molecule has 8 nitrogen and oxygen atoms in total. The molecule has 0 spiro atoms. The number of carbonyl (C=O) groups excluding carboxylic acids is 1. The molecule has 0 aliphatic heterocycles. The Morgan fingerprint density at radius 1 is 1.31 bits per heavy atom. The zero-order valence-corrected chi connectivity index (χ0v) is 15.3. The number of aromatic nitrogens is 4. The molecule has 26 heavy (non-hydrogen) atoms. The molecule has 0 bridgehead atoms. The van der Waals surface area contributed by atoms with E-state index in [4.69, 9.17) is 0 Å². The van der Waals surface area contributed by atoms with E-state index in [1.165, 1.54) is 11.8 Å². The normalized spacial score (nSPS) is 11.2. The number of carboxylic acid groups (broad SMARTS) is 1. The van der Waals surface area contributed by atoms with Crippen LogP contribution in [-0.2, 0) is 16.1 Å². The van der Waals surface area contributed by atoms with E-state index in [-0.39, 0.29) is 18.2 Å². The molecule has 2 heterocycles. The van der Waals surface area contributed by atoms with Gasteiger partial charge in [-0.05, 0) is 25.5 Å². The number of hydrogen-bond acceptors (Lipinski definition) is 6. The van der Waals surface area contributed by atoms with Crippen LogP contribution in [0.2, 0.25) is 0 Å². The second-order valence-corrected chi connectivity index (χ2v) is 6.85. The fraction of sp³-hybridized carbons (Fsp3) is 0.353. The van der Waals surface area contributed by atoms with E-state index in [9.17, 15) is 14.7 Å². The molecular weight excluding hydrogens is 354 g/mol. The third kappa shape index (κ3) is 3.77. The number of hydrogen-bond donors (Lipinski definition) is 2. The lowest BCUT2D eigenvalue weighted by Gasteiger charge is -2.04. The van der Waals surface area contributed by atoms with Crippen LogP contribution in [0.5, 0.6) is 0 Å². The van der Waals surface area contributed by atoms with Gasteiger partial charge in [-0.3, -0.25) is 9.59 Å². The lowest BCUT2D eigenvalue weighted by Crippen LogP contribution is -2.25. The molecule has 0 atom stereocenters. The number of carboxylic acids is 1. The predicted octanol–water partition coefficient (Wildman–Crippen LogP) is 1.99. The van der Waals surface area contributed by atoms with Gasteiger partial charge in [-0.1, -0.05) is 30.3 Å². The Hall–Kier alpha value is -2.68. The zero-order chi connectivity index (χ0) is 18.7. The monoisotopic (exact) mass is 373 g/mol. The molecular formula is C17H19N5O3S. The molecule has 0 aliphatic rings. The van der Waals surface area contributed by atoms with Gasteiger partial charge < -0.3 is 15.0 Å². The number of carbonyl (C=O) groups is 2. The first-order valence-corrected chi connectivity index (χ1v) is 9.22. The number of aliphatic carboxylic acids is 1. The van der Waals surface area contributed by atoms with Crippen molar-refractivity contribution in [3.63, 3.8) is 0 Å². The summed E-state index contributed by atoms with van der Waals surface area (Å²) in [5.41, 5.74) is 2.81. The van der Waals surface area contributed by atoms with Gasteiger partial charge in [0.05, 0.1) is 11.3 Å². The van der Waals surface area contributed by atoms with Gasteiger partial charge in [-0.2, -0.15) is 0 Å². The van der Waals surface area contributed by atoms with Crippen molar-refractivity contribution in [1.82, 2.24) is 25.1 Å². The van der Waals surface area contributed by atoms with Gasteiger partial charge in [-0.25, -0.2) is 4.98 Å². The quantitative estimate of drug-likeness (QED) is 0.609. The summed E-state index contributed by atoms with van der Waals surface area (Å²) in [5, 5.41) is 21.5. The first-order chi connectivity index (χ1) is 12.5. The molecule has 2 N–H and O–H groups in total. The average molecular weight is 373 g/mol. The number of amides is 1. The number of rotatable bonds is 7. The SMILES string of the molecule is CCCNC(=O)CSc1nnc2c3cc(C)ccc3n(CC(=O)O)c2n1. The minimum absolute atomic E-state index is 0.0951. The highest BCUT2D eigenvalue weighted by Gasteiger charge is 2.17. The van der Waals surface area contributed by atoms with Crippen LogP contribution in [0, 0.1) is 6.92 Å². The van der Waals surface area contributed by atoms with Crippen molar-refractivity contribution in [3.05, 3.63) is 23.8 Å². The van der Waals surface area contributed by atoms with Gasteiger partial charge in [-0.15, -0.1) is 10.2 Å². The van der Waals surface area contributed by atoms with Gasteiger partial charge in [0.15, 0.2) is 5.65 Å². The van der Waals surface area contributed by atoms with E-state index >= 15 is 0 Å². The Bertz CT molecular complexity index is 985. The summed E-state index contributed by atoms with van der Waals surface area (Å²) >= 11 is 1.18. The maximum Gasteiger partial charge on any atom is 0.323 e. The fourth-order valence-electron chi connectivity index (χ4n) is 2.66. The van der Waals surface area contributed by atoms with Gasteiger partial charge >= 0.3 is 5.97 Å². The van der Waals surface area contributed by atoms with Crippen LogP contribution in [0.1, 0.15) is 18.9 Å². The Balaban J connectivity index is 1.98. The maximum atomic E-state index is 11.7. The highest BCUT2D eigenvalue weighted by atomic mass is 32.2. The second kappa shape index (κ2) is 7.69. The molecule has 3 rings (SSSR count). The number of nitrogens with zero attached hydrogens (tertiary/aromatic N) is 4. The Morgan fingerprint density at radius 2 is 2.12 bits per heavy atom. The molecule has 0 saturated carbocycles. The minimum Gasteiger partial charge on any atom is -0.480 e. The largest absolute Gasteiger partial charge is 0.480 e. The summed E-state index contributed by atoms with van der Waals surface area (Å²) in [6, 6.07) is 5.72. The van der Waals surface area contributed by atoms with Crippen LogP contribution in [-0.4, -0.2) is 49.0 Å². The van der Waals surface area contributed by atoms with E-state index in [0.29, 0.717) is 22.9 Å². The van der Waals surface area contributed by atoms with Crippen LogP contribution in [0.25, 0.3) is 22.1 Å². The standard InChI is InChI=1S/C17H19N5O3S/c1-3-6-18-13(23)9-26-17-19-16-15(20-21-17)11-7-10(2)4-5-12(11)22(16)8-14(24)25/h4-5,7H,3,6,8-9H2,1-2H3,(H,18,23)(H,24,25). The van der Waals surface area contributed by atoms with Crippen molar-refractivity contribution >= 4 is 45.7 Å². The Morgan fingerprint density at radius 3 is 2.85 bits per heavy atom. The number of aryl methyl sites for hydroxylation is 1. The van der Waals surface area contributed by atoms with E-state index in [2.05, 4.69) is 20.5 Å².